The molecule has 182 valence electrons. The summed E-state index contributed by atoms with van der Waals surface area (Å²) in [6, 6.07) is 13.6. The first-order chi connectivity index (χ1) is 16.1. The van der Waals surface area contributed by atoms with E-state index in [4.69, 9.17) is 9.26 Å². The van der Waals surface area contributed by atoms with Crippen molar-refractivity contribution in [1.82, 2.24) is 4.90 Å². The second-order valence-corrected chi connectivity index (χ2v) is 11.1. The molecule has 0 radical (unpaired) electrons. The number of hydrogen-bond donors (Lipinski definition) is 1. The minimum Gasteiger partial charge on any atom is -0.483 e. The monoisotopic (exact) mass is 552 g/mol. The van der Waals surface area contributed by atoms with Gasteiger partial charge >= 0.3 is 7.60 Å². The second-order valence-electron chi connectivity index (χ2n) is 8.33. The molecule has 2 aromatic rings. The standard InChI is InChI=1S/C24H27BrFN2O5P/c1-2-33-34(30,31)16-19-13-20(25)5-8-22(19)32-15-23(29)28-11-9-24(17-27,10-12-28)14-18-3-6-21(26)7-4-18/h3-8,13H,2,9-12,14-16H2,1H3,(H,30,31). The number of piperidine rings is 1. The zero-order valence-electron chi connectivity index (χ0n) is 18.9. The fourth-order valence-electron chi connectivity index (χ4n) is 4.01. The van der Waals surface area contributed by atoms with Gasteiger partial charge in [0.15, 0.2) is 6.61 Å². The topological polar surface area (TPSA) is 99.9 Å². The molecule has 1 amide bonds. The first-order valence-corrected chi connectivity index (χ1v) is 13.5. The summed E-state index contributed by atoms with van der Waals surface area (Å²) < 4.78 is 36.8. The van der Waals surface area contributed by atoms with Crippen LogP contribution in [0.1, 0.15) is 30.9 Å². The number of carbonyl (C=O) groups excluding carboxylic acids is 1. The van der Waals surface area contributed by atoms with Gasteiger partial charge in [-0.2, -0.15) is 5.26 Å². The molecule has 1 atom stereocenters. The Bertz CT molecular complexity index is 1100. The van der Waals surface area contributed by atoms with E-state index in [1.165, 1.54) is 12.1 Å². The highest BCUT2D eigenvalue weighted by Gasteiger charge is 2.36. The molecule has 1 aliphatic heterocycles. The molecule has 3 rings (SSSR count). The lowest BCUT2D eigenvalue weighted by atomic mass is 9.75. The van der Waals surface area contributed by atoms with Gasteiger partial charge in [0.05, 0.1) is 24.3 Å². The van der Waals surface area contributed by atoms with Crippen LogP contribution in [0.3, 0.4) is 0 Å². The molecule has 1 N–H and O–H groups in total. The molecule has 2 aromatic carbocycles. The lowest BCUT2D eigenvalue weighted by molar-refractivity contribution is -0.135. The molecule has 0 aromatic heterocycles. The van der Waals surface area contributed by atoms with Crippen molar-refractivity contribution in [2.75, 3.05) is 26.3 Å². The molecule has 0 spiro atoms. The number of ether oxygens (including phenoxy) is 1. The fourth-order valence-corrected chi connectivity index (χ4v) is 5.59. The molecule has 1 fully saturated rings. The van der Waals surface area contributed by atoms with Crippen LogP contribution in [-0.4, -0.2) is 42.0 Å². The summed E-state index contributed by atoms with van der Waals surface area (Å²) in [4.78, 5) is 24.4. The minimum absolute atomic E-state index is 0.108. The number of likely N-dealkylation sites (tertiary alicyclic amines) is 1. The summed E-state index contributed by atoms with van der Waals surface area (Å²) in [7, 11) is -3.83. The van der Waals surface area contributed by atoms with Gasteiger partial charge in [-0.05, 0) is 62.1 Å². The van der Waals surface area contributed by atoms with Crippen LogP contribution < -0.4 is 4.74 Å². The second kappa shape index (κ2) is 11.5. The Hall–Kier alpha value is -2.24. The highest BCUT2D eigenvalue weighted by molar-refractivity contribution is 9.10. The van der Waals surface area contributed by atoms with Crippen molar-refractivity contribution in [2.24, 2.45) is 5.41 Å². The average molecular weight is 553 g/mol. The van der Waals surface area contributed by atoms with Crippen molar-refractivity contribution in [2.45, 2.75) is 32.3 Å². The van der Waals surface area contributed by atoms with E-state index in [1.807, 2.05) is 0 Å². The predicted octanol–water partition coefficient (Wildman–Crippen LogP) is 5.06. The molecule has 1 aliphatic rings. The van der Waals surface area contributed by atoms with Gasteiger partial charge in [-0.3, -0.25) is 9.36 Å². The van der Waals surface area contributed by atoms with E-state index in [0.717, 1.165) is 5.56 Å². The van der Waals surface area contributed by atoms with Crippen LogP contribution in [0.4, 0.5) is 4.39 Å². The molecule has 0 bridgehead atoms. The van der Waals surface area contributed by atoms with Crippen molar-refractivity contribution in [3.05, 3.63) is 63.9 Å². The van der Waals surface area contributed by atoms with E-state index in [9.17, 15) is 23.9 Å². The number of nitriles is 1. The van der Waals surface area contributed by atoms with Gasteiger partial charge < -0.3 is 19.1 Å². The van der Waals surface area contributed by atoms with E-state index in [0.29, 0.717) is 48.1 Å². The summed E-state index contributed by atoms with van der Waals surface area (Å²) in [5.74, 6) is -0.201. The maximum Gasteiger partial charge on any atom is 0.332 e. The maximum absolute atomic E-state index is 13.2. The van der Waals surface area contributed by atoms with Crippen molar-refractivity contribution < 1.29 is 27.9 Å². The number of benzene rings is 2. The Labute approximate surface area is 207 Å². The smallest absolute Gasteiger partial charge is 0.332 e. The summed E-state index contributed by atoms with van der Waals surface area (Å²) >= 11 is 3.34. The number of nitrogens with zero attached hydrogens (tertiary/aromatic N) is 2. The van der Waals surface area contributed by atoms with Crippen LogP contribution >= 0.6 is 23.5 Å². The Morgan fingerprint density at radius 1 is 1.26 bits per heavy atom. The predicted molar refractivity (Wildman–Crippen MR) is 129 cm³/mol. The Morgan fingerprint density at radius 3 is 2.56 bits per heavy atom. The quantitative estimate of drug-likeness (QED) is 0.436. The molecular weight excluding hydrogens is 526 g/mol. The molecular formula is C24H27BrFN2O5P. The van der Waals surface area contributed by atoms with E-state index in [2.05, 4.69) is 22.0 Å². The first-order valence-electron chi connectivity index (χ1n) is 11.0. The van der Waals surface area contributed by atoms with Crippen LogP contribution in [-0.2, 0) is 26.5 Å². The zero-order chi connectivity index (χ0) is 24.8. The largest absolute Gasteiger partial charge is 0.483 e. The summed E-state index contributed by atoms with van der Waals surface area (Å²) in [6.07, 6.45) is 1.30. The SMILES string of the molecule is CCOP(=O)(O)Cc1cc(Br)ccc1OCC(=O)N1CCC(C#N)(Cc2ccc(F)cc2)CC1. The molecule has 0 saturated carbocycles. The highest BCUT2D eigenvalue weighted by atomic mass is 79.9. The summed E-state index contributed by atoms with van der Waals surface area (Å²) in [5, 5.41) is 9.81. The molecule has 1 unspecified atom stereocenters. The third-order valence-corrected chi connectivity index (χ3v) is 7.74. The lowest BCUT2D eigenvalue weighted by Gasteiger charge is -2.37. The number of hydrogen-bond acceptors (Lipinski definition) is 5. The Kier molecular flexibility index (Phi) is 8.89. The summed E-state index contributed by atoms with van der Waals surface area (Å²) in [6.45, 7) is 2.35. The van der Waals surface area contributed by atoms with E-state index < -0.39 is 13.0 Å². The van der Waals surface area contributed by atoms with Crippen molar-refractivity contribution in [3.8, 4) is 11.8 Å². The van der Waals surface area contributed by atoms with E-state index in [-0.39, 0.29) is 31.1 Å². The number of amides is 1. The normalized spacial score (nSPS) is 17.0. The van der Waals surface area contributed by atoms with Gasteiger partial charge in [-0.1, -0.05) is 28.1 Å². The van der Waals surface area contributed by atoms with Gasteiger partial charge in [0.25, 0.3) is 5.91 Å². The number of carbonyl (C=O) groups is 1. The third kappa shape index (κ3) is 7.13. The molecule has 0 aliphatic carbocycles. The molecule has 1 saturated heterocycles. The van der Waals surface area contributed by atoms with Gasteiger partial charge in [0.2, 0.25) is 0 Å². The number of halogens is 2. The zero-order valence-corrected chi connectivity index (χ0v) is 21.4. The van der Waals surface area contributed by atoms with Crippen LogP contribution in [0.25, 0.3) is 0 Å². The molecule has 7 nitrogen and oxygen atoms in total. The third-order valence-electron chi connectivity index (χ3n) is 5.84. The van der Waals surface area contributed by atoms with Gasteiger partial charge in [0, 0.05) is 23.1 Å². The molecule has 10 heteroatoms. The van der Waals surface area contributed by atoms with Crippen molar-refractivity contribution >= 4 is 29.4 Å². The van der Waals surface area contributed by atoms with Crippen molar-refractivity contribution in [1.29, 1.82) is 5.26 Å². The molecule has 1 heterocycles. The summed E-state index contributed by atoms with van der Waals surface area (Å²) in [5.41, 5.74) is 0.751. The fraction of sp³-hybridized carbons (Fsp3) is 0.417. The minimum atomic E-state index is -3.83. The van der Waals surface area contributed by atoms with E-state index >= 15 is 0 Å². The van der Waals surface area contributed by atoms with Crippen LogP contribution in [0, 0.1) is 22.6 Å². The Balaban J connectivity index is 1.59. The van der Waals surface area contributed by atoms with Crippen LogP contribution in [0.15, 0.2) is 46.9 Å². The van der Waals surface area contributed by atoms with Gasteiger partial charge in [-0.25, -0.2) is 4.39 Å². The number of rotatable bonds is 9. The van der Waals surface area contributed by atoms with E-state index in [1.54, 1.807) is 42.2 Å². The maximum atomic E-state index is 13.2. The van der Waals surface area contributed by atoms with Crippen molar-refractivity contribution in [3.63, 3.8) is 0 Å². The average Bonchev–Trinajstić information content (AvgIpc) is 2.80. The van der Waals surface area contributed by atoms with Crippen LogP contribution in [0.2, 0.25) is 0 Å². The molecule has 34 heavy (non-hydrogen) atoms. The van der Waals surface area contributed by atoms with Crippen LogP contribution in [0.5, 0.6) is 5.75 Å². The Morgan fingerprint density at radius 2 is 1.94 bits per heavy atom. The van der Waals surface area contributed by atoms with Gasteiger partial charge in [0.1, 0.15) is 11.6 Å². The highest BCUT2D eigenvalue weighted by Crippen LogP contribution is 2.47. The lowest BCUT2D eigenvalue weighted by Crippen LogP contribution is -2.45. The first kappa shape index (κ1) is 26.4. The van der Waals surface area contributed by atoms with Gasteiger partial charge in [-0.15, -0.1) is 0 Å².